The van der Waals surface area contributed by atoms with E-state index < -0.39 is 0 Å². The van der Waals surface area contributed by atoms with Crippen LogP contribution in [-0.4, -0.2) is 52.2 Å². The van der Waals surface area contributed by atoms with Gasteiger partial charge in [-0.15, -0.1) is 0 Å². The zero-order chi connectivity index (χ0) is 23.5. The fourth-order valence-electron chi connectivity index (χ4n) is 3.90. The molecule has 3 heterocycles. The first kappa shape index (κ1) is 22.4. The highest BCUT2D eigenvalue weighted by Crippen LogP contribution is 2.41. The van der Waals surface area contributed by atoms with Crippen molar-refractivity contribution in [2.24, 2.45) is 4.99 Å². The van der Waals surface area contributed by atoms with Crippen LogP contribution in [-0.2, 0) is 16.1 Å². The number of aryl methyl sites for hydroxylation is 1. The molecule has 2 aliphatic rings. The number of thioether (sulfide) groups is 1. The first-order chi connectivity index (χ1) is 16.6. The second-order valence-electron chi connectivity index (χ2n) is 8.25. The number of carbonyl (C=O) groups is 1. The molecule has 1 atom stereocenters. The minimum Gasteiger partial charge on any atom is -0.399 e. The van der Waals surface area contributed by atoms with Gasteiger partial charge in [0.15, 0.2) is 5.17 Å². The Labute approximate surface area is 202 Å². The van der Waals surface area contributed by atoms with E-state index in [-0.39, 0.29) is 11.2 Å². The predicted octanol–water partition coefficient (Wildman–Crippen LogP) is 3.71. The third-order valence-corrected chi connectivity index (χ3v) is 7.02. The van der Waals surface area contributed by atoms with Crippen LogP contribution in [0.4, 0.5) is 17.1 Å². The lowest BCUT2D eigenvalue weighted by Crippen LogP contribution is -2.36. The van der Waals surface area contributed by atoms with Gasteiger partial charge < -0.3 is 15.4 Å². The summed E-state index contributed by atoms with van der Waals surface area (Å²) < 4.78 is 5.44. The molecule has 0 radical (unpaired) electrons. The number of aliphatic imine (C=N–C) groups is 1. The van der Waals surface area contributed by atoms with Gasteiger partial charge in [0.2, 0.25) is 5.91 Å². The highest BCUT2D eigenvalue weighted by molar-refractivity contribution is 8.15. The number of amidine groups is 1. The van der Waals surface area contributed by atoms with Crippen molar-refractivity contribution < 1.29 is 9.53 Å². The highest BCUT2D eigenvalue weighted by Gasteiger charge is 2.39. The summed E-state index contributed by atoms with van der Waals surface area (Å²) in [5.74, 6) is -0.0270. The number of benzene rings is 2. The van der Waals surface area contributed by atoms with Crippen LogP contribution in [0.15, 0.2) is 65.9 Å². The number of nitrogens with zero attached hydrogens (tertiary/aromatic N) is 5. The number of amides is 1. The molecule has 0 saturated carbocycles. The van der Waals surface area contributed by atoms with Crippen molar-refractivity contribution in [1.29, 1.82) is 0 Å². The third kappa shape index (κ3) is 4.90. The van der Waals surface area contributed by atoms with E-state index in [1.165, 1.54) is 11.8 Å². The van der Waals surface area contributed by atoms with Crippen LogP contribution in [0.5, 0.6) is 0 Å². The lowest BCUT2D eigenvalue weighted by Gasteiger charge is -2.28. The van der Waals surface area contributed by atoms with Crippen molar-refractivity contribution in [1.82, 2.24) is 14.9 Å². The van der Waals surface area contributed by atoms with Gasteiger partial charge in [0, 0.05) is 30.7 Å². The van der Waals surface area contributed by atoms with E-state index in [4.69, 9.17) is 15.5 Å². The fourth-order valence-corrected chi connectivity index (χ4v) is 5.07. The Bertz CT molecular complexity index is 1180. The predicted molar refractivity (Wildman–Crippen MR) is 135 cm³/mol. The summed E-state index contributed by atoms with van der Waals surface area (Å²) >= 11 is 1.45. The van der Waals surface area contributed by atoms with Crippen LogP contribution in [0.25, 0.3) is 0 Å². The maximum atomic E-state index is 13.4. The zero-order valence-corrected chi connectivity index (χ0v) is 19.7. The number of hydrogen-bond acceptors (Lipinski definition) is 8. The Morgan fingerprint density at radius 3 is 2.47 bits per heavy atom. The molecule has 9 heteroatoms. The van der Waals surface area contributed by atoms with E-state index in [0.717, 1.165) is 48.9 Å². The van der Waals surface area contributed by atoms with Gasteiger partial charge >= 0.3 is 0 Å². The molecular weight excluding hydrogens is 448 g/mol. The van der Waals surface area contributed by atoms with Crippen LogP contribution in [0, 0.1) is 6.92 Å². The molecule has 2 fully saturated rings. The highest BCUT2D eigenvalue weighted by atomic mass is 32.2. The van der Waals surface area contributed by atoms with Gasteiger partial charge in [-0.2, -0.15) is 0 Å². The monoisotopic (exact) mass is 474 g/mol. The molecule has 2 aliphatic heterocycles. The average Bonchev–Trinajstić information content (AvgIpc) is 3.17. The number of rotatable bonds is 5. The van der Waals surface area contributed by atoms with Crippen molar-refractivity contribution >= 4 is 39.9 Å². The summed E-state index contributed by atoms with van der Waals surface area (Å²) in [7, 11) is 0. The second kappa shape index (κ2) is 9.82. The molecule has 34 heavy (non-hydrogen) atoms. The Kier molecular flexibility index (Phi) is 6.46. The van der Waals surface area contributed by atoms with Gasteiger partial charge in [-0.05, 0) is 48.9 Å². The topological polar surface area (TPSA) is 96.9 Å². The quantitative estimate of drug-likeness (QED) is 0.563. The Balaban J connectivity index is 1.43. The lowest BCUT2D eigenvalue weighted by molar-refractivity contribution is -0.126. The van der Waals surface area contributed by atoms with E-state index in [0.29, 0.717) is 23.1 Å². The van der Waals surface area contributed by atoms with Crippen molar-refractivity contribution in [2.45, 2.75) is 18.7 Å². The summed E-state index contributed by atoms with van der Waals surface area (Å²) in [6, 6.07) is 15.5. The molecule has 5 rings (SSSR count). The zero-order valence-electron chi connectivity index (χ0n) is 18.9. The number of ether oxygens (including phenoxy) is 1. The van der Waals surface area contributed by atoms with Crippen LogP contribution >= 0.6 is 11.8 Å². The summed E-state index contributed by atoms with van der Waals surface area (Å²) in [4.78, 5) is 31.1. The molecule has 0 bridgehead atoms. The molecule has 8 nitrogen and oxygen atoms in total. The first-order valence-corrected chi connectivity index (χ1v) is 12.1. The minimum absolute atomic E-state index is 0.0270. The van der Waals surface area contributed by atoms with Gasteiger partial charge in [0.1, 0.15) is 5.25 Å². The van der Waals surface area contributed by atoms with Crippen molar-refractivity contribution in [3.8, 4) is 0 Å². The number of hydrogen-bond donors (Lipinski definition) is 1. The molecule has 2 saturated heterocycles. The van der Waals surface area contributed by atoms with Crippen molar-refractivity contribution in [3.63, 3.8) is 0 Å². The summed E-state index contributed by atoms with van der Waals surface area (Å²) in [6.45, 7) is 5.45. The number of carbonyl (C=O) groups excluding carboxylic acids is 1. The molecule has 0 spiro atoms. The molecule has 2 N–H and O–H groups in total. The second-order valence-corrected chi connectivity index (χ2v) is 9.32. The molecular formula is C25H26N6O2S. The number of morpholine rings is 1. The van der Waals surface area contributed by atoms with Crippen LogP contribution < -0.4 is 10.6 Å². The number of nitrogens with two attached hydrogens (primary N) is 1. The van der Waals surface area contributed by atoms with Crippen LogP contribution in [0.2, 0.25) is 0 Å². The Morgan fingerprint density at radius 2 is 1.79 bits per heavy atom. The number of aromatic nitrogens is 2. The van der Waals surface area contributed by atoms with Gasteiger partial charge in [-0.3, -0.25) is 19.7 Å². The van der Waals surface area contributed by atoms with E-state index in [2.05, 4.69) is 27.0 Å². The normalized spacial score (nSPS) is 19.7. The molecule has 1 aromatic heterocycles. The average molecular weight is 475 g/mol. The van der Waals surface area contributed by atoms with E-state index >= 15 is 0 Å². The van der Waals surface area contributed by atoms with Crippen LogP contribution in [0.1, 0.15) is 22.2 Å². The molecule has 174 valence electrons. The van der Waals surface area contributed by atoms with Gasteiger partial charge in [-0.25, -0.2) is 4.99 Å². The number of anilines is 2. The van der Waals surface area contributed by atoms with Gasteiger partial charge in [0.25, 0.3) is 0 Å². The molecule has 2 aromatic carbocycles. The summed E-state index contributed by atoms with van der Waals surface area (Å²) in [5, 5.41) is 0.263. The van der Waals surface area contributed by atoms with Crippen molar-refractivity contribution in [3.05, 3.63) is 77.9 Å². The lowest BCUT2D eigenvalue weighted by atomic mass is 10.1. The van der Waals surface area contributed by atoms with Gasteiger partial charge in [0.05, 0.1) is 43.0 Å². The number of nitrogen functional groups attached to an aromatic ring is 1. The largest absolute Gasteiger partial charge is 0.399 e. The van der Waals surface area contributed by atoms with Crippen LogP contribution in [0.3, 0.4) is 0 Å². The summed E-state index contributed by atoms with van der Waals surface area (Å²) in [5.41, 5.74) is 10.9. The maximum Gasteiger partial charge on any atom is 0.247 e. The Hall–Kier alpha value is -3.43. The molecule has 3 aromatic rings. The van der Waals surface area contributed by atoms with E-state index in [9.17, 15) is 4.79 Å². The third-order valence-electron chi connectivity index (χ3n) is 5.79. The van der Waals surface area contributed by atoms with Gasteiger partial charge in [-0.1, -0.05) is 23.9 Å². The Morgan fingerprint density at radius 1 is 1.06 bits per heavy atom. The van der Waals surface area contributed by atoms with E-state index in [1.54, 1.807) is 17.3 Å². The van der Waals surface area contributed by atoms with E-state index in [1.807, 2.05) is 43.3 Å². The minimum atomic E-state index is -0.384. The first-order valence-electron chi connectivity index (χ1n) is 11.2. The standard InChI is InChI=1S/C25H26N6O2S/c1-17-14-28-21(15-27-17)16-31-24(32)23(18-2-4-19(26)5-3-18)34-25(31)29-20-6-8-22(9-7-20)30-10-12-33-13-11-30/h2-9,14-15,23H,10-13,16,26H2,1H3. The van der Waals surface area contributed by atoms with Crippen molar-refractivity contribution in [2.75, 3.05) is 36.9 Å². The molecule has 1 unspecified atom stereocenters. The summed E-state index contributed by atoms with van der Waals surface area (Å²) in [6.07, 6.45) is 3.42. The SMILES string of the molecule is Cc1cnc(CN2C(=O)C(c3ccc(N)cc3)SC2=Nc2ccc(N3CCOCC3)cc2)cn1. The molecule has 0 aliphatic carbocycles. The smallest absolute Gasteiger partial charge is 0.247 e. The maximum absolute atomic E-state index is 13.4. The molecule has 1 amide bonds. The fraction of sp³-hybridized carbons (Fsp3) is 0.280.